The van der Waals surface area contributed by atoms with E-state index in [1.807, 2.05) is 38.2 Å². The fraction of sp³-hybridized carbons (Fsp3) is 0.375. The van der Waals surface area contributed by atoms with Crippen LogP contribution in [-0.2, 0) is 7.05 Å². The van der Waals surface area contributed by atoms with E-state index in [0.29, 0.717) is 11.7 Å². The number of nitrogens with one attached hydrogen (secondary N) is 1. The molecule has 1 aliphatic carbocycles. The summed E-state index contributed by atoms with van der Waals surface area (Å²) in [6.07, 6.45) is 2.13. The largest absolute Gasteiger partial charge is 0.496 e. The summed E-state index contributed by atoms with van der Waals surface area (Å²) in [5.41, 5.74) is 3.40. The Kier molecular flexibility index (Phi) is 3.41. The van der Waals surface area contributed by atoms with Gasteiger partial charge in [-0.3, -0.25) is 9.48 Å². The van der Waals surface area contributed by atoms with Crippen molar-refractivity contribution in [1.29, 1.82) is 0 Å². The van der Waals surface area contributed by atoms with Gasteiger partial charge in [0.2, 0.25) is 0 Å². The molecule has 1 aliphatic rings. The van der Waals surface area contributed by atoms with E-state index in [1.54, 1.807) is 11.8 Å². The van der Waals surface area contributed by atoms with Crippen LogP contribution in [0, 0.1) is 6.92 Å². The molecule has 0 atom stereocenters. The van der Waals surface area contributed by atoms with Gasteiger partial charge in [0.05, 0.1) is 12.8 Å². The Labute approximate surface area is 123 Å². The molecule has 0 aliphatic heterocycles. The predicted octanol–water partition coefficient (Wildman–Crippen LogP) is 2.30. The molecule has 1 heterocycles. The molecule has 0 bridgehead atoms. The molecule has 3 rings (SSSR count). The zero-order chi connectivity index (χ0) is 15.0. The highest BCUT2D eigenvalue weighted by Crippen LogP contribution is 2.31. The maximum absolute atomic E-state index is 12.1. The van der Waals surface area contributed by atoms with Crippen molar-refractivity contribution >= 4 is 5.91 Å². The first-order chi connectivity index (χ1) is 10.1. The molecule has 21 heavy (non-hydrogen) atoms. The minimum Gasteiger partial charge on any atom is -0.496 e. The van der Waals surface area contributed by atoms with Crippen molar-refractivity contribution in [2.45, 2.75) is 25.8 Å². The highest BCUT2D eigenvalue weighted by molar-refractivity contribution is 5.94. The second-order valence-corrected chi connectivity index (χ2v) is 5.49. The maximum Gasteiger partial charge on any atom is 0.272 e. The summed E-state index contributed by atoms with van der Waals surface area (Å²) in [4.78, 5) is 12.1. The van der Waals surface area contributed by atoms with Crippen molar-refractivity contribution in [2.24, 2.45) is 7.05 Å². The number of rotatable bonds is 4. The number of hydrogen-bond donors (Lipinski definition) is 1. The smallest absolute Gasteiger partial charge is 0.272 e. The molecule has 0 radical (unpaired) electrons. The second kappa shape index (κ2) is 5.24. The predicted molar refractivity (Wildman–Crippen MR) is 80.4 cm³/mol. The van der Waals surface area contributed by atoms with Crippen LogP contribution in [-0.4, -0.2) is 28.8 Å². The van der Waals surface area contributed by atoms with Crippen molar-refractivity contribution in [2.75, 3.05) is 7.11 Å². The lowest BCUT2D eigenvalue weighted by molar-refractivity contribution is 0.0945. The summed E-state index contributed by atoms with van der Waals surface area (Å²) in [5, 5.41) is 7.28. The van der Waals surface area contributed by atoms with E-state index in [0.717, 1.165) is 35.4 Å². The van der Waals surface area contributed by atoms with Crippen molar-refractivity contribution < 1.29 is 9.53 Å². The molecule has 5 nitrogen and oxygen atoms in total. The normalized spacial score (nSPS) is 14.0. The van der Waals surface area contributed by atoms with Gasteiger partial charge in [-0.15, -0.1) is 0 Å². The number of nitrogens with zero attached hydrogens (tertiary/aromatic N) is 2. The number of hydrogen-bond acceptors (Lipinski definition) is 3. The summed E-state index contributed by atoms with van der Waals surface area (Å²) in [6.45, 7) is 2.03. The Morgan fingerprint density at radius 2 is 2.14 bits per heavy atom. The van der Waals surface area contributed by atoms with Crippen LogP contribution in [0.5, 0.6) is 5.75 Å². The van der Waals surface area contributed by atoms with Crippen LogP contribution in [0.1, 0.15) is 28.9 Å². The summed E-state index contributed by atoms with van der Waals surface area (Å²) in [5.74, 6) is 0.670. The third-order valence-electron chi connectivity index (χ3n) is 3.66. The van der Waals surface area contributed by atoms with Crippen LogP contribution in [0.2, 0.25) is 0 Å². The fourth-order valence-corrected chi connectivity index (χ4v) is 2.34. The van der Waals surface area contributed by atoms with Gasteiger partial charge in [-0.25, -0.2) is 0 Å². The average Bonchev–Trinajstić information content (AvgIpc) is 3.18. The molecule has 1 N–H and O–H groups in total. The van der Waals surface area contributed by atoms with E-state index >= 15 is 0 Å². The van der Waals surface area contributed by atoms with Gasteiger partial charge >= 0.3 is 0 Å². The number of amides is 1. The standard InChI is InChI=1S/C16H19N3O2/c1-10-4-7-15(21-3)12(8-10)14-9-13(18-19(14)2)16(20)17-11-5-6-11/h4,7-9,11H,5-6H2,1-3H3,(H,17,20). The molecule has 1 aromatic carbocycles. The van der Waals surface area contributed by atoms with Gasteiger partial charge in [-0.05, 0) is 38.0 Å². The zero-order valence-electron chi connectivity index (χ0n) is 12.5. The first-order valence-corrected chi connectivity index (χ1v) is 7.08. The molecule has 0 unspecified atom stereocenters. The lowest BCUT2D eigenvalue weighted by Gasteiger charge is -2.09. The molecule has 110 valence electrons. The van der Waals surface area contributed by atoms with Crippen LogP contribution in [0.3, 0.4) is 0 Å². The molecular weight excluding hydrogens is 266 g/mol. The van der Waals surface area contributed by atoms with Crippen molar-refractivity contribution in [3.8, 4) is 17.0 Å². The van der Waals surface area contributed by atoms with Crippen LogP contribution >= 0.6 is 0 Å². The van der Waals surface area contributed by atoms with Gasteiger partial charge in [0.1, 0.15) is 5.75 Å². The number of benzene rings is 1. The van der Waals surface area contributed by atoms with E-state index in [1.165, 1.54) is 0 Å². The first-order valence-electron chi connectivity index (χ1n) is 7.08. The Morgan fingerprint density at radius 3 is 2.81 bits per heavy atom. The molecule has 0 spiro atoms. The summed E-state index contributed by atoms with van der Waals surface area (Å²) in [7, 11) is 3.48. The van der Waals surface area contributed by atoms with E-state index < -0.39 is 0 Å². The SMILES string of the molecule is COc1ccc(C)cc1-c1cc(C(=O)NC2CC2)nn1C. The molecule has 1 amide bonds. The van der Waals surface area contributed by atoms with Gasteiger partial charge in [-0.1, -0.05) is 11.6 Å². The highest BCUT2D eigenvalue weighted by atomic mass is 16.5. The van der Waals surface area contributed by atoms with E-state index in [4.69, 9.17) is 4.74 Å². The van der Waals surface area contributed by atoms with Gasteiger partial charge in [0.15, 0.2) is 5.69 Å². The first kappa shape index (κ1) is 13.7. The number of methoxy groups -OCH3 is 1. The maximum atomic E-state index is 12.1. The quantitative estimate of drug-likeness (QED) is 0.937. The van der Waals surface area contributed by atoms with Crippen LogP contribution in [0.15, 0.2) is 24.3 Å². The third-order valence-corrected chi connectivity index (χ3v) is 3.66. The van der Waals surface area contributed by atoms with Crippen LogP contribution < -0.4 is 10.1 Å². The van der Waals surface area contributed by atoms with Gasteiger partial charge in [0.25, 0.3) is 5.91 Å². The highest BCUT2D eigenvalue weighted by Gasteiger charge is 2.25. The molecule has 5 heteroatoms. The van der Waals surface area contributed by atoms with E-state index in [-0.39, 0.29) is 5.91 Å². The summed E-state index contributed by atoms with van der Waals surface area (Å²) >= 11 is 0. The Morgan fingerprint density at radius 1 is 1.38 bits per heavy atom. The second-order valence-electron chi connectivity index (χ2n) is 5.49. The Hall–Kier alpha value is -2.30. The Balaban J connectivity index is 1.97. The minimum absolute atomic E-state index is 0.106. The van der Waals surface area contributed by atoms with Crippen molar-refractivity contribution in [3.63, 3.8) is 0 Å². The number of aryl methyl sites for hydroxylation is 2. The lowest BCUT2D eigenvalue weighted by Crippen LogP contribution is -2.25. The number of aromatic nitrogens is 2. The number of carbonyl (C=O) groups is 1. The monoisotopic (exact) mass is 285 g/mol. The zero-order valence-corrected chi connectivity index (χ0v) is 12.5. The molecule has 1 aromatic heterocycles. The average molecular weight is 285 g/mol. The third kappa shape index (κ3) is 2.77. The van der Waals surface area contributed by atoms with Gasteiger partial charge in [0, 0.05) is 18.7 Å². The fourth-order valence-electron chi connectivity index (χ4n) is 2.34. The van der Waals surface area contributed by atoms with E-state index in [9.17, 15) is 4.79 Å². The minimum atomic E-state index is -0.106. The van der Waals surface area contributed by atoms with Gasteiger partial charge < -0.3 is 10.1 Å². The lowest BCUT2D eigenvalue weighted by atomic mass is 10.1. The summed E-state index contributed by atoms with van der Waals surface area (Å²) < 4.78 is 7.13. The van der Waals surface area contributed by atoms with Crippen LogP contribution in [0.4, 0.5) is 0 Å². The number of ether oxygens (including phenoxy) is 1. The van der Waals surface area contributed by atoms with E-state index in [2.05, 4.69) is 10.4 Å². The summed E-state index contributed by atoms with van der Waals surface area (Å²) in [6, 6.07) is 8.12. The number of carbonyl (C=O) groups excluding carboxylic acids is 1. The van der Waals surface area contributed by atoms with Crippen molar-refractivity contribution in [3.05, 3.63) is 35.5 Å². The molecule has 2 aromatic rings. The molecule has 0 saturated heterocycles. The Bertz CT molecular complexity index is 687. The topological polar surface area (TPSA) is 56.1 Å². The van der Waals surface area contributed by atoms with Crippen molar-refractivity contribution in [1.82, 2.24) is 15.1 Å². The molecule has 1 saturated carbocycles. The molecular formula is C16H19N3O2. The van der Waals surface area contributed by atoms with Gasteiger partial charge in [-0.2, -0.15) is 5.10 Å². The molecule has 1 fully saturated rings. The van der Waals surface area contributed by atoms with Crippen LogP contribution in [0.25, 0.3) is 11.3 Å².